The van der Waals surface area contributed by atoms with Crippen LogP contribution in [0.2, 0.25) is 0 Å². The average molecular weight is 301 g/mol. The van der Waals surface area contributed by atoms with E-state index in [1.54, 1.807) is 18.2 Å². The molecule has 2 aromatic rings. The number of benzene rings is 2. The lowest BCUT2D eigenvalue weighted by atomic mass is 10.2. The van der Waals surface area contributed by atoms with E-state index in [2.05, 4.69) is 10.4 Å². The molecule has 6 nitrogen and oxygen atoms in total. The zero-order chi connectivity index (χ0) is 15.9. The lowest BCUT2D eigenvalue weighted by Gasteiger charge is -2.04. The van der Waals surface area contributed by atoms with Gasteiger partial charge in [0, 0.05) is 5.56 Å². The van der Waals surface area contributed by atoms with Crippen molar-refractivity contribution < 1.29 is 19.1 Å². The number of aromatic hydroxyl groups is 1. The summed E-state index contributed by atoms with van der Waals surface area (Å²) < 4.78 is 13.3. The van der Waals surface area contributed by atoms with Crippen LogP contribution in [-0.4, -0.2) is 23.1 Å². The number of carbonyl (C=O) groups excluding carboxylic acids is 2. The molecule has 0 atom stereocenters. The lowest BCUT2D eigenvalue weighted by molar-refractivity contribution is -0.136. The third-order valence-corrected chi connectivity index (χ3v) is 2.63. The highest BCUT2D eigenvalue weighted by molar-refractivity contribution is 6.39. The van der Waals surface area contributed by atoms with Crippen LogP contribution in [-0.2, 0) is 9.59 Å². The second kappa shape index (κ2) is 6.98. The second-order valence-corrected chi connectivity index (χ2v) is 4.19. The van der Waals surface area contributed by atoms with Gasteiger partial charge in [-0.2, -0.15) is 5.10 Å². The first-order chi connectivity index (χ1) is 10.6. The van der Waals surface area contributed by atoms with Crippen molar-refractivity contribution in [2.45, 2.75) is 0 Å². The number of phenolic OH excluding ortho intramolecular Hbond substituents is 1. The van der Waals surface area contributed by atoms with E-state index in [0.717, 1.165) is 6.07 Å². The molecule has 0 spiro atoms. The van der Waals surface area contributed by atoms with Gasteiger partial charge in [-0.1, -0.05) is 24.3 Å². The van der Waals surface area contributed by atoms with Crippen LogP contribution in [0.3, 0.4) is 0 Å². The Hall–Kier alpha value is -3.22. The van der Waals surface area contributed by atoms with Gasteiger partial charge in [0.1, 0.15) is 11.6 Å². The summed E-state index contributed by atoms with van der Waals surface area (Å²) >= 11 is 0. The Kier molecular flexibility index (Phi) is 4.81. The topological polar surface area (TPSA) is 90.8 Å². The summed E-state index contributed by atoms with van der Waals surface area (Å²) in [4.78, 5) is 23.1. The number of amides is 2. The fourth-order valence-electron chi connectivity index (χ4n) is 1.55. The molecule has 0 aromatic heterocycles. The Bertz CT molecular complexity index is 731. The highest BCUT2D eigenvalue weighted by Gasteiger charge is 2.14. The van der Waals surface area contributed by atoms with Crippen molar-refractivity contribution in [2.75, 3.05) is 5.32 Å². The number of hydrazone groups is 1. The summed E-state index contributed by atoms with van der Waals surface area (Å²) in [6.45, 7) is 0. The Morgan fingerprint density at radius 2 is 1.73 bits per heavy atom. The van der Waals surface area contributed by atoms with Crippen LogP contribution < -0.4 is 10.7 Å². The van der Waals surface area contributed by atoms with Gasteiger partial charge >= 0.3 is 11.8 Å². The molecular weight excluding hydrogens is 289 g/mol. The fourth-order valence-corrected chi connectivity index (χ4v) is 1.55. The molecule has 7 heteroatoms. The predicted octanol–water partition coefficient (Wildman–Crippen LogP) is 1.62. The predicted molar refractivity (Wildman–Crippen MR) is 78.9 cm³/mol. The number of hydrogen-bond acceptors (Lipinski definition) is 4. The molecule has 22 heavy (non-hydrogen) atoms. The molecule has 2 rings (SSSR count). The van der Waals surface area contributed by atoms with Gasteiger partial charge in [-0.3, -0.25) is 9.59 Å². The van der Waals surface area contributed by atoms with E-state index in [0.29, 0.717) is 5.56 Å². The van der Waals surface area contributed by atoms with E-state index in [4.69, 9.17) is 0 Å². The number of nitrogens with zero attached hydrogens (tertiary/aromatic N) is 1. The van der Waals surface area contributed by atoms with Gasteiger partial charge in [0.25, 0.3) is 0 Å². The summed E-state index contributed by atoms with van der Waals surface area (Å²) in [5.74, 6) is -2.79. The van der Waals surface area contributed by atoms with Crippen LogP contribution in [0.4, 0.5) is 10.1 Å². The normalized spacial score (nSPS) is 10.4. The Morgan fingerprint density at radius 3 is 2.45 bits per heavy atom. The van der Waals surface area contributed by atoms with Gasteiger partial charge in [0.2, 0.25) is 0 Å². The van der Waals surface area contributed by atoms with E-state index < -0.39 is 17.6 Å². The monoisotopic (exact) mass is 301 g/mol. The molecule has 0 unspecified atom stereocenters. The molecule has 2 aromatic carbocycles. The van der Waals surface area contributed by atoms with Crippen LogP contribution in [0.25, 0.3) is 0 Å². The molecule has 2 amide bonds. The maximum atomic E-state index is 13.3. The summed E-state index contributed by atoms with van der Waals surface area (Å²) in [6.07, 6.45) is 1.18. The molecule has 0 aliphatic heterocycles. The Labute approximate surface area is 125 Å². The number of anilines is 1. The maximum Gasteiger partial charge on any atom is 0.329 e. The first kappa shape index (κ1) is 15.2. The third kappa shape index (κ3) is 3.89. The zero-order valence-corrected chi connectivity index (χ0v) is 11.3. The first-order valence-electron chi connectivity index (χ1n) is 6.25. The van der Waals surface area contributed by atoms with E-state index in [9.17, 15) is 19.1 Å². The molecular formula is C15H12FN3O3. The Balaban J connectivity index is 1.94. The molecule has 0 heterocycles. The van der Waals surface area contributed by atoms with Crippen molar-refractivity contribution >= 4 is 23.7 Å². The number of para-hydroxylation sites is 2. The number of rotatable bonds is 3. The average Bonchev–Trinajstić information content (AvgIpc) is 2.51. The zero-order valence-electron chi connectivity index (χ0n) is 11.3. The van der Waals surface area contributed by atoms with E-state index in [1.165, 1.54) is 30.5 Å². The van der Waals surface area contributed by atoms with Gasteiger partial charge in [0.05, 0.1) is 11.9 Å². The van der Waals surface area contributed by atoms with Crippen LogP contribution in [0.5, 0.6) is 5.75 Å². The molecule has 0 radical (unpaired) electrons. The van der Waals surface area contributed by atoms with E-state index >= 15 is 0 Å². The molecule has 0 aliphatic carbocycles. The second-order valence-electron chi connectivity index (χ2n) is 4.19. The van der Waals surface area contributed by atoms with Gasteiger partial charge in [-0.05, 0) is 24.3 Å². The minimum atomic E-state index is -1.06. The molecule has 0 bridgehead atoms. The van der Waals surface area contributed by atoms with Crippen molar-refractivity contribution in [3.8, 4) is 5.75 Å². The summed E-state index contributed by atoms with van der Waals surface area (Å²) in [6, 6.07) is 11.8. The van der Waals surface area contributed by atoms with Gasteiger partial charge in [-0.15, -0.1) is 0 Å². The molecule has 0 fully saturated rings. The van der Waals surface area contributed by atoms with Crippen molar-refractivity contribution in [3.63, 3.8) is 0 Å². The Morgan fingerprint density at radius 1 is 1.05 bits per heavy atom. The van der Waals surface area contributed by atoms with Crippen molar-refractivity contribution in [1.82, 2.24) is 5.43 Å². The molecule has 112 valence electrons. The SMILES string of the molecule is O=C(N/N=C\c1ccccc1O)C(=O)Nc1ccccc1F. The quantitative estimate of drug-likeness (QED) is 0.457. The highest BCUT2D eigenvalue weighted by atomic mass is 19.1. The smallest absolute Gasteiger partial charge is 0.329 e. The van der Waals surface area contributed by atoms with E-state index in [-0.39, 0.29) is 11.4 Å². The molecule has 3 N–H and O–H groups in total. The maximum absolute atomic E-state index is 13.3. The lowest BCUT2D eigenvalue weighted by Crippen LogP contribution is -2.32. The summed E-state index contributed by atoms with van der Waals surface area (Å²) in [5, 5.41) is 15.2. The van der Waals surface area contributed by atoms with Crippen molar-refractivity contribution in [2.24, 2.45) is 5.10 Å². The van der Waals surface area contributed by atoms with Crippen LogP contribution in [0.1, 0.15) is 5.56 Å². The highest BCUT2D eigenvalue weighted by Crippen LogP contribution is 2.13. The largest absolute Gasteiger partial charge is 0.507 e. The van der Waals surface area contributed by atoms with Gasteiger partial charge < -0.3 is 10.4 Å². The standard InChI is InChI=1S/C15H12FN3O3/c16-11-6-2-3-7-12(11)18-14(21)15(22)19-17-9-10-5-1-4-8-13(10)20/h1-9,20H,(H,18,21)(H,19,22)/b17-9-. The number of hydrogen-bond donors (Lipinski definition) is 3. The minimum absolute atomic E-state index is 0.0173. The minimum Gasteiger partial charge on any atom is -0.507 e. The number of nitrogens with one attached hydrogen (secondary N) is 2. The van der Waals surface area contributed by atoms with Crippen molar-refractivity contribution in [3.05, 3.63) is 59.9 Å². The van der Waals surface area contributed by atoms with Crippen LogP contribution in [0.15, 0.2) is 53.6 Å². The summed E-state index contributed by atoms with van der Waals surface area (Å²) in [7, 11) is 0. The third-order valence-electron chi connectivity index (χ3n) is 2.63. The van der Waals surface area contributed by atoms with Crippen LogP contribution >= 0.6 is 0 Å². The first-order valence-corrected chi connectivity index (χ1v) is 6.25. The number of carbonyl (C=O) groups is 2. The molecule has 0 saturated heterocycles. The van der Waals surface area contributed by atoms with Crippen LogP contribution in [0, 0.1) is 5.82 Å². The molecule has 0 saturated carbocycles. The fraction of sp³-hybridized carbons (Fsp3) is 0. The van der Waals surface area contributed by atoms with E-state index in [1.807, 2.05) is 5.43 Å². The van der Waals surface area contributed by atoms with Gasteiger partial charge in [0.15, 0.2) is 0 Å². The number of halogens is 1. The summed E-state index contributed by atoms with van der Waals surface area (Å²) in [5.41, 5.74) is 2.25. The number of phenols is 1. The van der Waals surface area contributed by atoms with Gasteiger partial charge in [-0.25, -0.2) is 9.82 Å². The molecule has 0 aliphatic rings. The van der Waals surface area contributed by atoms with Crippen molar-refractivity contribution in [1.29, 1.82) is 0 Å².